The average Bonchev–Trinajstić information content (AvgIpc) is 2.60. The zero-order valence-corrected chi connectivity index (χ0v) is 14.8. The molecule has 3 heteroatoms. The van der Waals surface area contributed by atoms with Gasteiger partial charge in [-0.3, -0.25) is 0 Å². The number of rotatable bonds is 9. The number of ether oxygens (including phenoxy) is 1. The quantitative estimate of drug-likeness (QED) is 0.732. The second kappa shape index (κ2) is 9.94. The van der Waals surface area contributed by atoms with E-state index >= 15 is 0 Å². The van der Waals surface area contributed by atoms with Crippen molar-refractivity contribution in [2.75, 3.05) is 26.2 Å². The Bertz CT molecular complexity index is 439. The first-order chi connectivity index (χ1) is 11.2. The molecule has 0 radical (unpaired) electrons. The van der Waals surface area contributed by atoms with E-state index in [2.05, 4.69) is 18.7 Å². The van der Waals surface area contributed by atoms with E-state index in [1.165, 1.54) is 32.1 Å². The molecule has 0 heterocycles. The summed E-state index contributed by atoms with van der Waals surface area (Å²) in [6, 6.07) is 7.99. The minimum absolute atomic E-state index is 0.400. The molecule has 0 saturated heterocycles. The van der Waals surface area contributed by atoms with Crippen LogP contribution in [-0.4, -0.2) is 36.2 Å². The topological polar surface area (TPSA) is 32.7 Å². The number of likely N-dealkylation sites (N-methyl/N-ethyl adjacent to an activating group) is 1. The zero-order valence-electron chi connectivity index (χ0n) is 14.8. The molecule has 1 aliphatic carbocycles. The molecule has 3 nitrogen and oxygen atoms in total. The summed E-state index contributed by atoms with van der Waals surface area (Å²) >= 11 is 0. The van der Waals surface area contributed by atoms with Crippen molar-refractivity contribution in [1.82, 2.24) is 4.90 Å². The van der Waals surface area contributed by atoms with Crippen molar-refractivity contribution >= 4 is 0 Å². The van der Waals surface area contributed by atoms with E-state index in [9.17, 15) is 5.11 Å². The van der Waals surface area contributed by atoms with E-state index in [1.54, 1.807) is 0 Å². The van der Waals surface area contributed by atoms with Crippen LogP contribution in [0.1, 0.15) is 64.0 Å². The molecule has 130 valence electrons. The van der Waals surface area contributed by atoms with Crippen LogP contribution in [0.4, 0.5) is 0 Å². The average molecular weight is 319 g/mol. The molecule has 2 rings (SSSR count). The fourth-order valence-corrected chi connectivity index (χ4v) is 3.58. The maximum atomic E-state index is 10.7. The van der Waals surface area contributed by atoms with Crippen molar-refractivity contribution in [2.45, 2.75) is 58.5 Å². The summed E-state index contributed by atoms with van der Waals surface area (Å²) in [6.07, 6.45) is 7.00. The first-order valence-corrected chi connectivity index (χ1v) is 9.36. The van der Waals surface area contributed by atoms with Crippen molar-refractivity contribution in [1.29, 1.82) is 0 Å². The summed E-state index contributed by atoms with van der Waals surface area (Å²) in [5.74, 6) is 1.52. The van der Waals surface area contributed by atoms with Crippen LogP contribution in [0, 0.1) is 5.92 Å². The largest absolute Gasteiger partial charge is 0.492 e. The number of hydrogen-bond acceptors (Lipinski definition) is 3. The minimum Gasteiger partial charge on any atom is -0.492 e. The van der Waals surface area contributed by atoms with E-state index in [0.717, 1.165) is 37.4 Å². The lowest BCUT2D eigenvalue weighted by Crippen LogP contribution is -2.28. The SMILES string of the molecule is CCN(CC)CCOc1ccccc1[C@H](O)CC1CCCCC1. The van der Waals surface area contributed by atoms with Gasteiger partial charge in [-0.25, -0.2) is 0 Å². The standard InChI is InChI=1S/C20H33NO2/c1-3-21(4-2)14-15-23-20-13-9-8-12-18(20)19(22)16-17-10-6-5-7-11-17/h8-9,12-13,17,19,22H,3-7,10-11,14-16H2,1-2H3/t19-/m1/s1. The van der Waals surface area contributed by atoms with Crippen molar-refractivity contribution in [3.63, 3.8) is 0 Å². The molecule has 1 N–H and O–H groups in total. The molecular weight excluding hydrogens is 286 g/mol. The van der Waals surface area contributed by atoms with Gasteiger partial charge in [-0.1, -0.05) is 64.2 Å². The van der Waals surface area contributed by atoms with E-state index in [0.29, 0.717) is 12.5 Å². The van der Waals surface area contributed by atoms with Gasteiger partial charge in [0, 0.05) is 12.1 Å². The number of aliphatic hydroxyl groups excluding tert-OH is 1. The van der Waals surface area contributed by atoms with Crippen molar-refractivity contribution in [3.8, 4) is 5.75 Å². The predicted molar refractivity (Wildman–Crippen MR) is 95.9 cm³/mol. The fourth-order valence-electron chi connectivity index (χ4n) is 3.58. The highest BCUT2D eigenvalue weighted by atomic mass is 16.5. The van der Waals surface area contributed by atoms with Crippen LogP contribution in [0.25, 0.3) is 0 Å². The maximum absolute atomic E-state index is 10.7. The molecule has 1 aliphatic rings. The number of para-hydroxylation sites is 1. The lowest BCUT2D eigenvalue weighted by molar-refractivity contribution is 0.126. The molecule has 0 bridgehead atoms. The summed E-state index contributed by atoms with van der Waals surface area (Å²) in [5.41, 5.74) is 0.956. The first-order valence-electron chi connectivity index (χ1n) is 9.36. The van der Waals surface area contributed by atoms with Gasteiger partial charge in [-0.2, -0.15) is 0 Å². The Kier molecular flexibility index (Phi) is 7.90. The predicted octanol–water partition coefficient (Wildman–Crippen LogP) is 4.41. The monoisotopic (exact) mass is 319 g/mol. The normalized spacial score (nSPS) is 17.4. The molecule has 1 aromatic carbocycles. The molecule has 1 aromatic rings. The Hall–Kier alpha value is -1.06. The summed E-state index contributed by atoms with van der Waals surface area (Å²) in [5, 5.41) is 10.7. The molecule has 1 atom stereocenters. The van der Waals surface area contributed by atoms with Gasteiger partial charge in [-0.15, -0.1) is 0 Å². The van der Waals surface area contributed by atoms with Crippen molar-refractivity contribution in [3.05, 3.63) is 29.8 Å². The number of nitrogens with zero attached hydrogens (tertiary/aromatic N) is 1. The number of hydrogen-bond donors (Lipinski definition) is 1. The van der Waals surface area contributed by atoms with Gasteiger partial charge in [-0.05, 0) is 31.5 Å². The Morgan fingerprint density at radius 3 is 2.52 bits per heavy atom. The summed E-state index contributed by atoms with van der Waals surface area (Å²) in [4.78, 5) is 2.35. The molecule has 0 spiro atoms. The van der Waals surface area contributed by atoms with Crippen LogP contribution >= 0.6 is 0 Å². The van der Waals surface area contributed by atoms with Crippen LogP contribution < -0.4 is 4.74 Å². The Labute approximate surface area is 141 Å². The van der Waals surface area contributed by atoms with Gasteiger partial charge in [0.2, 0.25) is 0 Å². The second-order valence-electron chi connectivity index (χ2n) is 6.67. The highest BCUT2D eigenvalue weighted by molar-refractivity contribution is 5.35. The molecule has 23 heavy (non-hydrogen) atoms. The van der Waals surface area contributed by atoms with Crippen LogP contribution in [0.15, 0.2) is 24.3 Å². The molecule has 0 aliphatic heterocycles. The third-order valence-corrected chi connectivity index (χ3v) is 5.12. The van der Waals surface area contributed by atoms with Crippen LogP contribution in [0.5, 0.6) is 5.75 Å². The Morgan fingerprint density at radius 1 is 1.13 bits per heavy atom. The van der Waals surface area contributed by atoms with Gasteiger partial charge in [0.05, 0.1) is 6.10 Å². The highest BCUT2D eigenvalue weighted by Crippen LogP contribution is 2.34. The number of aliphatic hydroxyl groups is 1. The lowest BCUT2D eigenvalue weighted by atomic mass is 9.84. The third kappa shape index (κ3) is 5.82. The van der Waals surface area contributed by atoms with Gasteiger partial charge in [0.1, 0.15) is 12.4 Å². The highest BCUT2D eigenvalue weighted by Gasteiger charge is 2.20. The van der Waals surface area contributed by atoms with Crippen molar-refractivity contribution < 1.29 is 9.84 Å². The summed E-state index contributed by atoms with van der Waals surface area (Å²) in [7, 11) is 0. The van der Waals surface area contributed by atoms with Gasteiger partial charge in [0.25, 0.3) is 0 Å². The molecule has 1 fully saturated rings. The Morgan fingerprint density at radius 2 is 1.83 bits per heavy atom. The summed E-state index contributed by atoms with van der Waals surface area (Å²) < 4.78 is 5.98. The maximum Gasteiger partial charge on any atom is 0.125 e. The minimum atomic E-state index is -0.400. The van der Waals surface area contributed by atoms with E-state index < -0.39 is 6.10 Å². The second-order valence-corrected chi connectivity index (χ2v) is 6.67. The molecule has 0 unspecified atom stereocenters. The fraction of sp³-hybridized carbons (Fsp3) is 0.700. The number of benzene rings is 1. The van der Waals surface area contributed by atoms with E-state index in [1.807, 2.05) is 24.3 Å². The molecule has 1 saturated carbocycles. The molecule has 0 amide bonds. The first kappa shape index (κ1) is 18.3. The van der Waals surface area contributed by atoms with Crippen LogP contribution in [0.3, 0.4) is 0 Å². The van der Waals surface area contributed by atoms with Gasteiger partial charge in [0.15, 0.2) is 0 Å². The van der Waals surface area contributed by atoms with Crippen molar-refractivity contribution in [2.24, 2.45) is 5.92 Å². The summed E-state index contributed by atoms with van der Waals surface area (Å²) in [6.45, 7) is 8.04. The van der Waals surface area contributed by atoms with Crippen LogP contribution in [0.2, 0.25) is 0 Å². The molecular formula is C20H33NO2. The van der Waals surface area contributed by atoms with Gasteiger partial charge >= 0.3 is 0 Å². The smallest absolute Gasteiger partial charge is 0.125 e. The zero-order chi connectivity index (χ0) is 16.5. The van der Waals surface area contributed by atoms with E-state index in [-0.39, 0.29) is 0 Å². The third-order valence-electron chi connectivity index (χ3n) is 5.12. The molecule has 0 aromatic heterocycles. The van der Waals surface area contributed by atoms with Gasteiger partial charge < -0.3 is 14.7 Å². The van der Waals surface area contributed by atoms with Crippen LogP contribution in [-0.2, 0) is 0 Å². The lowest BCUT2D eigenvalue weighted by Gasteiger charge is -2.25. The van der Waals surface area contributed by atoms with E-state index in [4.69, 9.17) is 4.74 Å². The Balaban J connectivity index is 1.90.